The quantitative estimate of drug-likeness (QED) is 0.490. The number of carbonyl (C=O) groups is 5. The fourth-order valence-corrected chi connectivity index (χ4v) is 3.10. The first-order valence-electron chi connectivity index (χ1n) is 7.58. The molecular formula is C17H20N2O5S. The van der Waals surface area contributed by atoms with Crippen LogP contribution >= 0.6 is 11.8 Å². The third-order valence-corrected chi connectivity index (χ3v) is 4.55. The lowest BCUT2D eigenvalue weighted by Crippen LogP contribution is -2.47. The topological polar surface area (TPSA) is 101 Å². The maximum Gasteiger partial charge on any atom is 0.256 e. The second kappa shape index (κ2) is 10.4. The smallest absolute Gasteiger partial charge is 0.256 e. The Kier molecular flexibility index (Phi) is 8.55. The lowest BCUT2D eigenvalue weighted by Gasteiger charge is -2.27. The summed E-state index contributed by atoms with van der Waals surface area (Å²) >= 11 is 1.13. The molecule has 8 heteroatoms. The van der Waals surface area contributed by atoms with Gasteiger partial charge in [0, 0.05) is 31.0 Å². The number of thioether (sulfide) groups is 1. The number of benzene rings is 1. The highest BCUT2D eigenvalue weighted by Gasteiger charge is 2.29. The van der Waals surface area contributed by atoms with Crippen molar-refractivity contribution in [2.24, 2.45) is 0 Å². The van der Waals surface area contributed by atoms with Gasteiger partial charge in [-0.1, -0.05) is 12.1 Å². The molecule has 0 aliphatic carbocycles. The number of rotatable bonds is 10. The van der Waals surface area contributed by atoms with Crippen molar-refractivity contribution >= 4 is 42.4 Å². The average molecular weight is 364 g/mol. The minimum absolute atomic E-state index is 0.123. The first-order chi connectivity index (χ1) is 12.0. The van der Waals surface area contributed by atoms with Gasteiger partial charge in [0.15, 0.2) is 6.29 Å². The van der Waals surface area contributed by atoms with Crippen LogP contribution in [0.3, 0.4) is 0 Å². The largest absolute Gasteiger partial charge is 0.357 e. The van der Waals surface area contributed by atoms with Crippen molar-refractivity contribution in [2.75, 3.05) is 19.8 Å². The summed E-state index contributed by atoms with van der Waals surface area (Å²) in [6.07, 6.45) is 2.24. The first-order valence-corrected chi connectivity index (χ1v) is 8.57. The summed E-state index contributed by atoms with van der Waals surface area (Å²) in [5.74, 6) is -0.782. The van der Waals surface area contributed by atoms with Crippen molar-refractivity contribution in [3.8, 4) is 0 Å². The number of amides is 2. The molecule has 0 bridgehead atoms. The molecule has 0 aromatic heterocycles. The summed E-state index contributed by atoms with van der Waals surface area (Å²) in [7, 11) is 2.89. The number of likely N-dealkylation sites (N-methyl/N-ethyl adjacent to an activating group) is 2. The van der Waals surface area contributed by atoms with E-state index in [1.807, 2.05) is 0 Å². The number of hydrogen-bond donors (Lipinski definition) is 1. The average Bonchev–Trinajstić information content (AvgIpc) is 2.64. The van der Waals surface area contributed by atoms with E-state index in [4.69, 9.17) is 0 Å². The van der Waals surface area contributed by atoms with Gasteiger partial charge in [-0.25, -0.2) is 0 Å². The Bertz CT molecular complexity index is 662. The predicted octanol–water partition coefficient (Wildman–Crippen LogP) is 0.956. The van der Waals surface area contributed by atoms with E-state index < -0.39 is 17.9 Å². The Morgan fingerprint density at radius 2 is 1.96 bits per heavy atom. The Morgan fingerprint density at radius 3 is 2.52 bits per heavy atom. The first kappa shape index (κ1) is 20.6. The van der Waals surface area contributed by atoms with Gasteiger partial charge in [-0.3, -0.25) is 14.4 Å². The molecule has 0 aliphatic rings. The number of carbonyl (C=O) groups excluding carboxylic acids is 5. The van der Waals surface area contributed by atoms with Gasteiger partial charge in [0.25, 0.3) is 5.91 Å². The molecule has 1 rings (SSSR count). The Balaban J connectivity index is 3.25. The molecule has 0 spiro atoms. The standard InChI is InChI=1S/C17H20N2O5S/c1-18-16(23)13(6-4-8-20)19(2)17(24)15-12(11-22)5-3-7-14(15)25-10-9-21/h3,5,7-9,11,13H,4,6,10H2,1-2H3,(H,18,23). The Hall–Kier alpha value is -2.48. The summed E-state index contributed by atoms with van der Waals surface area (Å²) in [4.78, 5) is 59.3. The van der Waals surface area contributed by atoms with Gasteiger partial charge in [-0.05, 0) is 12.5 Å². The number of nitrogens with one attached hydrogen (secondary N) is 1. The number of hydrogen-bond acceptors (Lipinski definition) is 6. The number of aldehydes is 3. The molecule has 25 heavy (non-hydrogen) atoms. The maximum atomic E-state index is 12.9. The lowest BCUT2D eigenvalue weighted by molar-refractivity contribution is -0.125. The molecule has 2 amide bonds. The molecule has 7 nitrogen and oxygen atoms in total. The highest BCUT2D eigenvalue weighted by atomic mass is 32.2. The molecule has 0 fully saturated rings. The zero-order chi connectivity index (χ0) is 18.8. The third kappa shape index (κ3) is 5.25. The van der Waals surface area contributed by atoms with E-state index in [0.29, 0.717) is 23.8 Å². The van der Waals surface area contributed by atoms with Crippen LogP contribution in [-0.2, 0) is 14.4 Å². The molecule has 1 aromatic carbocycles. The van der Waals surface area contributed by atoms with Crippen LogP contribution in [0.4, 0.5) is 0 Å². The highest BCUT2D eigenvalue weighted by molar-refractivity contribution is 8.00. The normalized spacial score (nSPS) is 11.3. The van der Waals surface area contributed by atoms with Gasteiger partial charge in [-0.15, -0.1) is 11.8 Å². The highest BCUT2D eigenvalue weighted by Crippen LogP contribution is 2.26. The molecule has 1 atom stereocenters. The van der Waals surface area contributed by atoms with Crippen LogP contribution in [0.2, 0.25) is 0 Å². The van der Waals surface area contributed by atoms with Crippen molar-refractivity contribution in [1.82, 2.24) is 10.2 Å². The van der Waals surface area contributed by atoms with Crippen molar-refractivity contribution < 1.29 is 24.0 Å². The van der Waals surface area contributed by atoms with Gasteiger partial charge in [0.2, 0.25) is 5.91 Å². The molecule has 1 N–H and O–H groups in total. The van der Waals surface area contributed by atoms with E-state index in [-0.39, 0.29) is 29.7 Å². The number of nitrogens with zero attached hydrogens (tertiary/aromatic N) is 1. The monoisotopic (exact) mass is 364 g/mol. The van der Waals surface area contributed by atoms with Crippen LogP contribution in [-0.4, -0.2) is 61.5 Å². The van der Waals surface area contributed by atoms with Crippen LogP contribution in [0.25, 0.3) is 0 Å². The summed E-state index contributed by atoms with van der Waals surface area (Å²) in [6, 6.07) is 3.92. The van der Waals surface area contributed by atoms with Crippen LogP contribution in [0, 0.1) is 0 Å². The van der Waals surface area contributed by atoms with E-state index in [1.54, 1.807) is 12.1 Å². The van der Waals surface area contributed by atoms with E-state index >= 15 is 0 Å². The fourth-order valence-electron chi connectivity index (χ4n) is 2.33. The summed E-state index contributed by atoms with van der Waals surface area (Å²) in [5.41, 5.74) is 0.325. The van der Waals surface area contributed by atoms with Crippen molar-refractivity contribution in [3.05, 3.63) is 29.3 Å². The fraction of sp³-hybridized carbons (Fsp3) is 0.353. The van der Waals surface area contributed by atoms with Crippen LogP contribution in [0.1, 0.15) is 33.6 Å². The SMILES string of the molecule is CNC(=O)C(CCC=O)N(C)C(=O)c1c(C=O)cccc1SCC=O. The van der Waals surface area contributed by atoms with Crippen molar-refractivity contribution in [3.63, 3.8) is 0 Å². The van der Waals surface area contributed by atoms with Crippen molar-refractivity contribution in [1.29, 1.82) is 0 Å². The molecule has 0 aliphatic heterocycles. The molecule has 0 radical (unpaired) electrons. The summed E-state index contributed by atoms with van der Waals surface area (Å²) in [6.45, 7) is 0. The second-order valence-electron chi connectivity index (χ2n) is 5.11. The second-order valence-corrected chi connectivity index (χ2v) is 6.17. The van der Waals surface area contributed by atoms with Crippen molar-refractivity contribution in [2.45, 2.75) is 23.8 Å². The molecule has 1 unspecified atom stereocenters. The van der Waals surface area contributed by atoms with E-state index in [9.17, 15) is 24.0 Å². The van der Waals surface area contributed by atoms with Gasteiger partial charge < -0.3 is 19.8 Å². The van der Waals surface area contributed by atoms with Crippen LogP contribution in [0.5, 0.6) is 0 Å². The summed E-state index contributed by atoms with van der Waals surface area (Å²) in [5, 5.41) is 2.47. The molecule has 0 saturated carbocycles. The Labute approximate surface area is 150 Å². The molecule has 0 heterocycles. The molecule has 0 saturated heterocycles. The minimum atomic E-state index is -0.841. The third-order valence-electron chi connectivity index (χ3n) is 3.60. The lowest BCUT2D eigenvalue weighted by atomic mass is 10.0. The molecule has 134 valence electrons. The van der Waals surface area contributed by atoms with Gasteiger partial charge in [0.05, 0.1) is 11.3 Å². The Morgan fingerprint density at radius 1 is 1.24 bits per heavy atom. The van der Waals surface area contributed by atoms with E-state index in [1.165, 1.54) is 25.1 Å². The van der Waals surface area contributed by atoms with Crippen LogP contribution in [0.15, 0.2) is 23.1 Å². The maximum absolute atomic E-state index is 12.9. The van der Waals surface area contributed by atoms with E-state index in [0.717, 1.165) is 11.8 Å². The molecule has 1 aromatic rings. The summed E-state index contributed by atoms with van der Waals surface area (Å²) < 4.78 is 0. The predicted molar refractivity (Wildman–Crippen MR) is 93.9 cm³/mol. The van der Waals surface area contributed by atoms with E-state index in [2.05, 4.69) is 5.32 Å². The van der Waals surface area contributed by atoms with Gasteiger partial charge in [-0.2, -0.15) is 0 Å². The zero-order valence-corrected chi connectivity index (χ0v) is 14.9. The molecular weight excluding hydrogens is 344 g/mol. The van der Waals surface area contributed by atoms with Gasteiger partial charge >= 0.3 is 0 Å². The van der Waals surface area contributed by atoms with Gasteiger partial charge in [0.1, 0.15) is 18.6 Å². The zero-order valence-electron chi connectivity index (χ0n) is 14.1. The van der Waals surface area contributed by atoms with Crippen LogP contribution < -0.4 is 5.32 Å². The minimum Gasteiger partial charge on any atom is -0.357 e.